The number of benzene rings is 2. The molecule has 0 unspecified atom stereocenters. The second kappa shape index (κ2) is 12.9. The molecule has 0 radical (unpaired) electrons. The van der Waals surface area contributed by atoms with Crippen molar-refractivity contribution in [2.75, 3.05) is 6.61 Å². The minimum atomic E-state index is -0.149. The fourth-order valence-electron chi connectivity index (χ4n) is 4.43. The Labute approximate surface area is 187 Å². The first-order chi connectivity index (χ1) is 15.3. The molecular formula is C27H36N2O2. The third kappa shape index (κ3) is 7.23. The first kappa shape index (κ1) is 23.1. The van der Waals surface area contributed by atoms with Crippen LogP contribution in [0.1, 0.15) is 81.8 Å². The van der Waals surface area contributed by atoms with Crippen molar-refractivity contribution in [3.05, 3.63) is 65.7 Å². The molecular weight excluding hydrogens is 384 g/mol. The van der Waals surface area contributed by atoms with Gasteiger partial charge in [-0.1, -0.05) is 87.9 Å². The molecule has 1 aliphatic rings. The summed E-state index contributed by atoms with van der Waals surface area (Å²) in [6.07, 6.45) is 12.3. The van der Waals surface area contributed by atoms with Crippen LogP contribution in [-0.2, 0) is 4.79 Å². The maximum Gasteiger partial charge on any atom is 0.247 e. The molecule has 166 valence electrons. The summed E-state index contributed by atoms with van der Waals surface area (Å²) in [5.41, 5.74) is 4.78. The minimum absolute atomic E-state index is 0.0210. The van der Waals surface area contributed by atoms with Gasteiger partial charge in [0.1, 0.15) is 5.75 Å². The van der Waals surface area contributed by atoms with Gasteiger partial charge in [0, 0.05) is 5.56 Å². The standard InChI is InChI=1S/C27H36N2O2/c1-2-3-4-13-20-31-25-19-12-11-18-24(25)21-28-29-27(30)26(22-14-7-5-8-15-22)23-16-9-6-10-17-23/h5,7-8,11-12,14-15,18-19,21,23,26H,2-4,6,9-10,13,16-17,20H2,1H3,(H,29,30)/b28-21-/t26-/m0/s1. The van der Waals surface area contributed by atoms with Crippen LogP contribution in [0.15, 0.2) is 59.7 Å². The van der Waals surface area contributed by atoms with Crippen LogP contribution in [0.25, 0.3) is 0 Å². The van der Waals surface area contributed by atoms with Gasteiger partial charge in [0.2, 0.25) is 5.91 Å². The number of hydrogen-bond acceptors (Lipinski definition) is 3. The van der Waals surface area contributed by atoms with Gasteiger partial charge >= 0.3 is 0 Å². The van der Waals surface area contributed by atoms with Crippen LogP contribution in [0.2, 0.25) is 0 Å². The van der Waals surface area contributed by atoms with E-state index < -0.39 is 0 Å². The Kier molecular flexibility index (Phi) is 9.62. The summed E-state index contributed by atoms with van der Waals surface area (Å²) >= 11 is 0. The summed E-state index contributed by atoms with van der Waals surface area (Å²) in [7, 11) is 0. The van der Waals surface area contributed by atoms with Gasteiger partial charge in [-0.25, -0.2) is 5.43 Å². The van der Waals surface area contributed by atoms with E-state index in [2.05, 4.69) is 29.6 Å². The Morgan fingerprint density at radius 2 is 1.77 bits per heavy atom. The van der Waals surface area contributed by atoms with Gasteiger partial charge in [-0.15, -0.1) is 0 Å². The lowest BCUT2D eigenvalue weighted by Crippen LogP contribution is -2.31. The van der Waals surface area contributed by atoms with Gasteiger partial charge in [-0.3, -0.25) is 4.79 Å². The predicted molar refractivity (Wildman–Crippen MR) is 128 cm³/mol. The first-order valence-corrected chi connectivity index (χ1v) is 11.9. The molecule has 1 N–H and O–H groups in total. The number of hydrazone groups is 1. The second-order valence-corrected chi connectivity index (χ2v) is 8.47. The Hall–Kier alpha value is -2.62. The van der Waals surface area contributed by atoms with Crippen LogP contribution in [-0.4, -0.2) is 18.7 Å². The fraction of sp³-hybridized carbons (Fsp3) is 0.481. The van der Waals surface area contributed by atoms with E-state index in [1.165, 1.54) is 38.5 Å². The quantitative estimate of drug-likeness (QED) is 0.258. The highest BCUT2D eigenvalue weighted by Crippen LogP contribution is 2.36. The Bertz CT molecular complexity index is 813. The predicted octanol–water partition coefficient (Wildman–Crippen LogP) is 6.46. The molecule has 1 fully saturated rings. The van der Waals surface area contributed by atoms with E-state index in [0.29, 0.717) is 12.5 Å². The molecule has 2 aromatic carbocycles. The number of hydrogen-bond donors (Lipinski definition) is 1. The van der Waals surface area contributed by atoms with Gasteiger partial charge in [-0.05, 0) is 42.9 Å². The molecule has 1 saturated carbocycles. The maximum absolute atomic E-state index is 13.1. The van der Waals surface area contributed by atoms with Crippen molar-refractivity contribution in [3.8, 4) is 5.75 Å². The molecule has 4 nitrogen and oxygen atoms in total. The number of para-hydroxylation sites is 1. The monoisotopic (exact) mass is 420 g/mol. The van der Waals surface area contributed by atoms with E-state index in [0.717, 1.165) is 36.1 Å². The van der Waals surface area contributed by atoms with Crippen molar-refractivity contribution in [2.24, 2.45) is 11.0 Å². The van der Waals surface area contributed by atoms with E-state index in [4.69, 9.17) is 4.74 Å². The van der Waals surface area contributed by atoms with Crippen molar-refractivity contribution in [3.63, 3.8) is 0 Å². The molecule has 0 aliphatic heterocycles. The molecule has 1 atom stereocenters. The number of nitrogens with zero attached hydrogens (tertiary/aromatic N) is 1. The average molecular weight is 421 g/mol. The smallest absolute Gasteiger partial charge is 0.247 e. The Balaban J connectivity index is 1.63. The summed E-state index contributed by atoms with van der Waals surface area (Å²) in [5, 5.41) is 4.30. The molecule has 31 heavy (non-hydrogen) atoms. The third-order valence-corrected chi connectivity index (χ3v) is 6.12. The lowest BCUT2D eigenvalue weighted by molar-refractivity contribution is -0.124. The van der Waals surface area contributed by atoms with Crippen LogP contribution >= 0.6 is 0 Å². The van der Waals surface area contributed by atoms with Gasteiger partial charge in [0.15, 0.2) is 0 Å². The first-order valence-electron chi connectivity index (χ1n) is 11.9. The number of carbonyl (C=O) groups is 1. The maximum atomic E-state index is 13.1. The van der Waals surface area contributed by atoms with Gasteiger partial charge in [-0.2, -0.15) is 5.10 Å². The van der Waals surface area contributed by atoms with Crippen molar-refractivity contribution >= 4 is 12.1 Å². The number of nitrogens with one attached hydrogen (secondary N) is 1. The number of amides is 1. The summed E-state index contributed by atoms with van der Waals surface area (Å²) in [5.74, 6) is 1.02. The lowest BCUT2D eigenvalue weighted by Gasteiger charge is -2.29. The highest BCUT2D eigenvalue weighted by atomic mass is 16.5. The summed E-state index contributed by atoms with van der Waals surface area (Å²) in [4.78, 5) is 13.1. The Morgan fingerprint density at radius 3 is 2.55 bits per heavy atom. The van der Waals surface area contributed by atoms with E-state index in [1.54, 1.807) is 6.21 Å². The SMILES string of the molecule is CCCCCCOc1ccccc1/C=N\NC(=O)[C@@H](c1ccccc1)C1CCCCC1. The minimum Gasteiger partial charge on any atom is -0.493 e. The fourth-order valence-corrected chi connectivity index (χ4v) is 4.43. The van der Waals surface area contributed by atoms with Crippen LogP contribution in [0.3, 0.4) is 0 Å². The van der Waals surface area contributed by atoms with Gasteiger partial charge in [0.05, 0.1) is 18.7 Å². The van der Waals surface area contributed by atoms with Crippen molar-refractivity contribution in [2.45, 2.75) is 70.6 Å². The highest BCUT2D eigenvalue weighted by molar-refractivity contribution is 5.87. The molecule has 3 rings (SSSR count). The van der Waals surface area contributed by atoms with Crippen molar-refractivity contribution < 1.29 is 9.53 Å². The number of ether oxygens (including phenoxy) is 1. The van der Waals surface area contributed by atoms with Crippen molar-refractivity contribution in [1.82, 2.24) is 5.43 Å². The lowest BCUT2D eigenvalue weighted by atomic mass is 9.76. The van der Waals surface area contributed by atoms with Crippen LogP contribution in [0, 0.1) is 5.92 Å². The zero-order chi connectivity index (χ0) is 21.7. The van der Waals surface area contributed by atoms with Crippen LogP contribution in [0.4, 0.5) is 0 Å². The van der Waals surface area contributed by atoms with Crippen LogP contribution in [0.5, 0.6) is 5.75 Å². The molecule has 0 aromatic heterocycles. The van der Waals surface area contributed by atoms with Crippen molar-refractivity contribution in [1.29, 1.82) is 0 Å². The molecule has 0 heterocycles. The number of unbranched alkanes of at least 4 members (excludes halogenated alkanes) is 3. The second-order valence-electron chi connectivity index (χ2n) is 8.47. The zero-order valence-electron chi connectivity index (χ0n) is 18.8. The highest BCUT2D eigenvalue weighted by Gasteiger charge is 2.30. The van der Waals surface area contributed by atoms with E-state index in [-0.39, 0.29) is 11.8 Å². The molecule has 4 heteroatoms. The molecule has 1 amide bonds. The normalized spacial score (nSPS) is 15.6. The molecule has 2 aromatic rings. The average Bonchev–Trinajstić information content (AvgIpc) is 2.81. The molecule has 0 saturated heterocycles. The van der Waals surface area contributed by atoms with E-state index in [1.807, 2.05) is 42.5 Å². The number of rotatable bonds is 11. The topological polar surface area (TPSA) is 50.7 Å². The van der Waals surface area contributed by atoms with E-state index >= 15 is 0 Å². The van der Waals surface area contributed by atoms with Gasteiger partial charge < -0.3 is 4.74 Å². The summed E-state index contributed by atoms with van der Waals surface area (Å²) in [6.45, 7) is 2.91. The summed E-state index contributed by atoms with van der Waals surface area (Å²) in [6, 6.07) is 18.0. The molecule has 0 spiro atoms. The van der Waals surface area contributed by atoms with E-state index in [9.17, 15) is 4.79 Å². The van der Waals surface area contributed by atoms with Crippen LogP contribution < -0.4 is 10.2 Å². The number of carbonyl (C=O) groups excluding carboxylic acids is 1. The largest absolute Gasteiger partial charge is 0.493 e. The third-order valence-electron chi connectivity index (χ3n) is 6.12. The molecule has 1 aliphatic carbocycles. The van der Waals surface area contributed by atoms with Gasteiger partial charge in [0.25, 0.3) is 0 Å². The molecule has 0 bridgehead atoms. The zero-order valence-corrected chi connectivity index (χ0v) is 18.8. The Morgan fingerprint density at radius 1 is 1.03 bits per heavy atom. The summed E-state index contributed by atoms with van der Waals surface area (Å²) < 4.78 is 5.95.